The van der Waals surface area contributed by atoms with Crippen molar-refractivity contribution >= 4 is 11.8 Å². The highest BCUT2D eigenvalue weighted by atomic mass is 16.6. The molecule has 98 valence electrons. The Hall–Kier alpha value is -2.63. The highest BCUT2D eigenvalue weighted by Gasteiger charge is 2.16. The van der Waals surface area contributed by atoms with Crippen LogP contribution >= 0.6 is 0 Å². The maximum atomic E-state index is 11.0. The summed E-state index contributed by atoms with van der Waals surface area (Å²) in [6.07, 6.45) is 3.31. The second kappa shape index (κ2) is 5.34. The number of hydrogen-bond acceptors (Lipinski definition) is 4. The van der Waals surface area contributed by atoms with Crippen LogP contribution in [0.4, 0.5) is 5.69 Å². The van der Waals surface area contributed by atoms with E-state index in [-0.39, 0.29) is 12.3 Å². The first-order chi connectivity index (χ1) is 9.11. The van der Waals surface area contributed by atoms with Gasteiger partial charge in [0.15, 0.2) is 0 Å². The molecule has 6 nitrogen and oxygen atoms in total. The quantitative estimate of drug-likeness (QED) is 0.611. The standard InChI is InChI=1S/C13H13N3O3/c1-3-10-5-4-6-12(16(17)18)11(10)9-19-13-7-8-15(2)14-13/h3-8H,1,9H2,2H3. The van der Waals surface area contributed by atoms with Gasteiger partial charge >= 0.3 is 0 Å². The molecule has 0 atom stereocenters. The van der Waals surface area contributed by atoms with E-state index < -0.39 is 4.92 Å². The molecule has 0 aliphatic heterocycles. The number of aryl methyl sites for hydroxylation is 1. The highest BCUT2D eigenvalue weighted by Crippen LogP contribution is 2.24. The van der Waals surface area contributed by atoms with E-state index in [4.69, 9.17) is 4.74 Å². The zero-order valence-corrected chi connectivity index (χ0v) is 10.4. The van der Waals surface area contributed by atoms with Gasteiger partial charge < -0.3 is 4.74 Å². The third kappa shape index (κ3) is 2.79. The maximum absolute atomic E-state index is 11.0. The van der Waals surface area contributed by atoms with Crippen molar-refractivity contribution in [3.8, 4) is 5.88 Å². The van der Waals surface area contributed by atoms with E-state index in [1.165, 1.54) is 6.07 Å². The van der Waals surface area contributed by atoms with Gasteiger partial charge in [0.05, 0.1) is 10.5 Å². The highest BCUT2D eigenvalue weighted by molar-refractivity contribution is 5.58. The van der Waals surface area contributed by atoms with E-state index in [9.17, 15) is 10.1 Å². The van der Waals surface area contributed by atoms with Crippen LogP contribution in [0.5, 0.6) is 5.88 Å². The summed E-state index contributed by atoms with van der Waals surface area (Å²) in [7, 11) is 1.77. The van der Waals surface area contributed by atoms with Gasteiger partial charge in [-0.1, -0.05) is 24.8 Å². The smallest absolute Gasteiger partial charge is 0.276 e. The summed E-state index contributed by atoms with van der Waals surface area (Å²) in [5.41, 5.74) is 1.20. The first kappa shape index (κ1) is 12.8. The average molecular weight is 259 g/mol. The SMILES string of the molecule is C=Cc1cccc([N+](=O)[O-])c1COc1ccn(C)n1. The molecule has 0 unspecified atom stereocenters. The molecule has 6 heteroatoms. The minimum Gasteiger partial charge on any atom is -0.471 e. The second-order valence-corrected chi connectivity index (χ2v) is 3.92. The van der Waals surface area contributed by atoms with Crippen LogP contribution in [-0.2, 0) is 13.7 Å². The Labute approximate surface area is 110 Å². The summed E-state index contributed by atoms with van der Waals surface area (Å²) in [5.74, 6) is 0.427. The fraction of sp³-hybridized carbons (Fsp3) is 0.154. The molecule has 0 spiro atoms. The van der Waals surface area contributed by atoms with Crippen molar-refractivity contribution in [1.82, 2.24) is 9.78 Å². The predicted octanol–water partition coefficient (Wildman–Crippen LogP) is 2.55. The maximum Gasteiger partial charge on any atom is 0.276 e. The number of aromatic nitrogens is 2. The molecular formula is C13H13N3O3. The van der Waals surface area contributed by atoms with E-state index in [1.54, 1.807) is 42.2 Å². The van der Waals surface area contributed by atoms with Crippen LogP contribution in [0, 0.1) is 10.1 Å². The van der Waals surface area contributed by atoms with Crippen LogP contribution < -0.4 is 4.74 Å². The van der Waals surface area contributed by atoms with Crippen LogP contribution in [0.15, 0.2) is 37.0 Å². The van der Waals surface area contributed by atoms with Crippen LogP contribution in [0.25, 0.3) is 6.08 Å². The zero-order chi connectivity index (χ0) is 13.8. The van der Waals surface area contributed by atoms with E-state index >= 15 is 0 Å². The van der Waals surface area contributed by atoms with Crippen LogP contribution in [0.3, 0.4) is 0 Å². The summed E-state index contributed by atoms with van der Waals surface area (Å²) in [6.45, 7) is 3.73. The van der Waals surface area contributed by atoms with Crippen molar-refractivity contribution in [2.75, 3.05) is 0 Å². The Morgan fingerprint density at radius 3 is 2.89 bits per heavy atom. The Morgan fingerprint density at radius 1 is 1.53 bits per heavy atom. The molecule has 1 heterocycles. The summed E-state index contributed by atoms with van der Waals surface area (Å²) in [6, 6.07) is 6.53. The van der Waals surface area contributed by atoms with Crippen molar-refractivity contribution in [3.63, 3.8) is 0 Å². The number of benzene rings is 1. The van der Waals surface area contributed by atoms with Gasteiger partial charge in [-0.25, -0.2) is 0 Å². The Bertz CT molecular complexity index is 619. The van der Waals surface area contributed by atoms with Crippen LogP contribution in [-0.4, -0.2) is 14.7 Å². The van der Waals surface area contributed by atoms with E-state index in [1.807, 2.05) is 0 Å². The van der Waals surface area contributed by atoms with Gasteiger partial charge in [-0.15, -0.1) is 5.10 Å². The van der Waals surface area contributed by atoms with Gasteiger partial charge in [-0.3, -0.25) is 14.8 Å². The normalized spacial score (nSPS) is 10.2. The molecule has 0 aliphatic rings. The predicted molar refractivity (Wildman–Crippen MR) is 70.7 cm³/mol. The minimum absolute atomic E-state index is 0.0216. The van der Waals surface area contributed by atoms with E-state index in [0.717, 1.165) is 0 Å². The van der Waals surface area contributed by atoms with E-state index in [2.05, 4.69) is 11.7 Å². The topological polar surface area (TPSA) is 70.2 Å². The third-order valence-electron chi connectivity index (χ3n) is 2.66. The molecule has 0 saturated heterocycles. The lowest BCUT2D eigenvalue weighted by Crippen LogP contribution is -2.03. The third-order valence-corrected chi connectivity index (χ3v) is 2.66. The molecule has 0 N–H and O–H groups in total. The fourth-order valence-electron chi connectivity index (χ4n) is 1.73. The fourth-order valence-corrected chi connectivity index (χ4v) is 1.73. The van der Waals surface area contributed by atoms with Gasteiger partial charge in [0.2, 0.25) is 5.88 Å². The average Bonchev–Trinajstić information content (AvgIpc) is 2.81. The van der Waals surface area contributed by atoms with Gasteiger partial charge in [0.1, 0.15) is 6.61 Å². The molecule has 2 rings (SSSR count). The summed E-state index contributed by atoms with van der Waals surface area (Å²) in [5, 5.41) is 15.1. The lowest BCUT2D eigenvalue weighted by atomic mass is 10.1. The lowest BCUT2D eigenvalue weighted by Gasteiger charge is -2.07. The van der Waals surface area contributed by atoms with Crippen molar-refractivity contribution in [2.24, 2.45) is 7.05 Å². The number of hydrogen-bond donors (Lipinski definition) is 0. The second-order valence-electron chi connectivity index (χ2n) is 3.92. The van der Waals surface area contributed by atoms with Gasteiger partial charge in [0.25, 0.3) is 5.69 Å². The first-order valence-corrected chi connectivity index (χ1v) is 5.63. The number of ether oxygens (including phenoxy) is 1. The van der Waals surface area contributed by atoms with Gasteiger partial charge in [-0.2, -0.15) is 0 Å². The number of nitro groups is 1. The van der Waals surface area contributed by atoms with Crippen molar-refractivity contribution in [2.45, 2.75) is 6.61 Å². The Kier molecular flexibility index (Phi) is 3.61. The monoisotopic (exact) mass is 259 g/mol. The van der Waals surface area contributed by atoms with E-state index in [0.29, 0.717) is 17.0 Å². The van der Waals surface area contributed by atoms with Crippen LogP contribution in [0.2, 0.25) is 0 Å². The van der Waals surface area contributed by atoms with Gasteiger partial charge in [-0.05, 0) is 5.56 Å². The molecule has 0 amide bonds. The number of rotatable bonds is 5. The summed E-state index contributed by atoms with van der Waals surface area (Å²) < 4.78 is 7.06. The summed E-state index contributed by atoms with van der Waals surface area (Å²) >= 11 is 0. The number of nitro benzene ring substituents is 1. The lowest BCUT2D eigenvalue weighted by molar-refractivity contribution is -0.385. The van der Waals surface area contributed by atoms with Crippen LogP contribution in [0.1, 0.15) is 11.1 Å². The molecule has 0 fully saturated rings. The molecule has 2 aromatic rings. The molecule has 1 aromatic carbocycles. The van der Waals surface area contributed by atoms with Crippen molar-refractivity contribution in [3.05, 3.63) is 58.3 Å². The number of nitrogens with zero attached hydrogens (tertiary/aromatic N) is 3. The molecule has 0 bridgehead atoms. The molecule has 0 aliphatic carbocycles. The molecule has 0 saturated carbocycles. The minimum atomic E-state index is -0.426. The molecular weight excluding hydrogens is 246 g/mol. The molecule has 1 aromatic heterocycles. The molecule has 19 heavy (non-hydrogen) atoms. The zero-order valence-electron chi connectivity index (χ0n) is 10.4. The van der Waals surface area contributed by atoms with Crippen molar-refractivity contribution in [1.29, 1.82) is 0 Å². The first-order valence-electron chi connectivity index (χ1n) is 5.63. The Balaban J connectivity index is 2.27. The molecule has 0 radical (unpaired) electrons. The largest absolute Gasteiger partial charge is 0.471 e. The summed E-state index contributed by atoms with van der Waals surface area (Å²) in [4.78, 5) is 10.6. The Morgan fingerprint density at radius 2 is 2.32 bits per heavy atom. The van der Waals surface area contributed by atoms with Gasteiger partial charge in [0, 0.05) is 25.4 Å². The van der Waals surface area contributed by atoms with Crippen molar-refractivity contribution < 1.29 is 9.66 Å².